The highest BCUT2D eigenvalue weighted by Crippen LogP contribution is 2.23. The molecule has 0 bridgehead atoms. The highest BCUT2D eigenvalue weighted by Gasteiger charge is 2.27. The van der Waals surface area contributed by atoms with Crippen LogP contribution in [0.4, 0.5) is 0 Å². The van der Waals surface area contributed by atoms with Crippen LogP contribution in [0.2, 0.25) is 5.02 Å². The first-order valence-corrected chi connectivity index (χ1v) is 11.1. The summed E-state index contributed by atoms with van der Waals surface area (Å²) in [5.41, 5.74) is 0.644. The first-order valence-electron chi connectivity index (χ1n) is 9.06. The van der Waals surface area contributed by atoms with E-state index >= 15 is 0 Å². The summed E-state index contributed by atoms with van der Waals surface area (Å²) in [5, 5.41) is 0.498. The molecular formula is C18H27ClN2O3S. The highest BCUT2D eigenvalue weighted by molar-refractivity contribution is 7.88. The minimum atomic E-state index is -3.36. The lowest BCUT2D eigenvalue weighted by atomic mass is 9.94. The first-order chi connectivity index (χ1) is 12.0. The molecule has 2 saturated heterocycles. The molecule has 7 heteroatoms. The van der Waals surface area contributed by atoms with Gasteiger partial charge in [-0.15, -0.1) is 0 Å². The Bertz CT molecular complexity index is 654. The maximum atomic E-state index is 12.3. The maximum Gasteiger partial charge on any atom is 0.215 e. The van der Waals surface area contributed by atoms with Gasteiger partial charge in [0.15, 0.2) is 0 Å². The summed E-state index contributed by atoms with van der Waals surface area (Å²) in [6.45, 7) is 4.37. The van der Waals surface area contributed by atoms with Crippen LogP contribution in [0.25, 0.3) is 0 Å². The summed E-state index contributed by atoms with van der Waals surface area (Å²) in [6.07, 6.45) is 4.34. The molecule has 1 N–H and O–H groups in total. The Morgan fingerprint density at radius 2 is 1.80 bits per heavy atom. The van der Waals surface area contributed by atoms with E-state index in [1.165, 1.54) is 0 Å². The van der Waals surface area contributed by atoms with Gasteiger partial charge in [0.05, 0.1) is 5.75 Å². The van der Waals surface area contributed by atoms with Crippen molar-refractivity contribution in [2.75, 3.05) is 32.8 Å². The summed E-state index contributed by atoms with van der Waals surface area (Å²) in [7, 11) is -3.36. The number of nitrogens with one attached hydrogen (secondary N) is 1. The molecule has 2 aliphatic heterocycles. The lowest BCUT2D eigenvalue weighted by molar-refractivity contribution is 0.0214. The minimum absolute atomic E-state index is 0.0619. The third-order valence-electron chi connectivity index (χ3n) is 5.25. The van der Waals surface area contributed by atoms with E-state index in [9.17, 15) is 8.42 Å². The molecule has 2 fully saturated rings. The number of ether oxygens (including phenoxy) is 1. The van der Waals surface area contributed by atoms with Crippen molar-refractivity contribution in [1.82, 2.24) is 9.62 Å². The fourth-order valence-corrected chi connectivity index (χ4v) is 5.22. The number of benzene rings is 1. The standard InChI is InChI=1S/C18H27ClN2O3S/c19-18-4-2-1-3-16(18)14-25(22,23)20-13-15-5-9-21(10-6-15)17-7-11-24-12-8-17/h1-4,15,17,20H,5-14H2. The Morgan fingerprint density at radius 1 is 1.12 bits per heavy atom. The molecule has 2 aliphatic rings. The summed E-state index contributed by atoms with van der Waals surface area (Å²) in [5.74, 6) is 0.352. The van der Waals surface area contributed by atoms with Crippen LogP contribution in [0, 0.1) is 5.92 Å². The van der Waals surface area contributed by atoms with Gasteiger partial charge in [0.1, 0.15) is 0 Å². The van der Waals surface area contributed by atoms with Gasteiger partial charge in [-0.1, -0.05) is 29.8 Å². The van der Waals surface area contributed by atoms with Crippen LogP contribution in [0.5, 0.6) is 0 Å². The topological polar surface area (TPSA) is 58.6 Å². The number of hydrogen-bond donors (Lipinski definition) is 1. The van der Waals surface area contributed by atoms with E-state index in [1.54, 1.807) is 18.2 Å². The van der Waals surface area contributed by atoms with Crippen LogP contribution in [0.3, 0.4) is 0 Å². The van der Waals surface area contributed by atoms with Gasteiger partial charge in [0.25, 0.3) is 0 Å². The third kappa shape index (κ3) is 5.66. The molecule has 0 radical (unpaired) electrons. The Labute approximate surface area is 155 Å². The van der Waals surface area contributed by atoms with Crippen molar-refractivity contribution in [3.05, 3.63) is 34.9 Å². The summed E-state index contributed by atoms with van der Waals surface area (Å²) in [4.78, 5) is 2.55. The zero-order valence-corrected chi connectivity index (χ0v) is 16.1. The van der Waals surface area contributed by atoms with E-state index in [-0.39, 0.29) is 5.75 Å². The Kier molecular flexibility index (Phi) is 6.74. The molecule has 5 nitrogen and oxygen atoms in total. The van der Waals surface area contributed by atoms with Crippen molar-refractivity contribution in [2.24, 2.45) is 5.92 Å². The quantitative estimate of drug-likeness (QED) is 0.816. The van der Waals surface area contributed by atoms with Gasteiger partial charge in [0, 0.05) is 30.8 Å². The molecule has 0 amide bonds. The van der Waals surface area contributed by atoms with E-state index in [0.29, 0.717) is 29.1 Å². The van der Waals surface area contributed by atoms with Crippen LogP contribution in [0.1, 0.15) is 31.2 Å². The van der Waals surface area contributed by atoms with Crippen LogP contribution in [-0.4, -0.2) is 52.2 Å². The van der Waals surface area contributed by atoms with Gasteiger partial charge in [-0.05, 0) is 56.3 Å². The van der Waals surface area contributed by atoms with Crippen molar-refractivity contribution in [3.63, 3.8) is 0 Å². The normalized spacial score (nSPS) is 21.5. The average molecular weight is 387 g/mol. The number of hydrogen-bond acceptors (Lipinski definition) is 4. The predicted molar refractivity (Wildman–Crippen MR) is 100 cm³/mol. The average Bonchev–Trinajstić information content (AvgIpc) is 2.63. The fraction of sp³-hybridized carbons (Fsp3) is 0.667. The van der Waals surface area contributed by atoms with Gasteiger partial charge < -0.3 is 9.64 Å². The molecule has 140 valence electrons. The molecule has 0 saturated carbocycles. The molecule has 0 aliphatic carbocycles. The second-order valence-electron chi connectivity index (χ2n) is 7.02. The molecule has 0 atom stereocenters. The van der Waals surface area contributed by atoms with Crippen LogP contribution in [-0.2, 0) is 20.5 Å². The molecule has 0 unspecified atom stereocenters. The summed E-state index contributed by atoms with van der Waals surface area (Å²) in [6, 6.07) is 7.74. The smallest absolute Gasteiger partial charge is 0.215 e. The van der Waals surface area contributed by atoms with E-state index in [0.717, 1.165) is 52.0 Å². The predicted octanol–water partition coefficient (Wildman–Crippen LogP) is 2.65. The maximum absolute atomic E-state index is 12.3. The van der Waals surface area contributed by atoms with Gasteiger partial charge >= 0.3 is 0 Å². The van der Waals surface area contributed by atoms with Gasteiger partial charge in [-0.25, -0.2) is 13.1 Å². The van der Waals surface area contributed by atoms with E-state index in [1.807, 2.05) is 6.07 Å². The number of piperidine rings is 1. The van der Waals surface area contributed by atoms with Gasteiger partial charge in [-0.2, -0.15) is 0 Å². The first kappa shape index (κ1) is 19.1. The van der Waals surface area contributed by atoms with Crippen molar-refractivity contribution < 1.29 is 13.2 Å². The second kappa shape index (κ2) is 8.82. The highest BCUT2D eigenvalue weighted by atomic mass is 35.5. The lowest BCUT2D eigenvalue weighted by Crippen LogP contribution is -2.45. The number of sulfonamides is 1. The van der Waals surface area contributed by atoms with Crippen LogP contribution in [0.15, 0.2) is 24.3 Å². The molecule has 1 aromatic carbocycles. The molecule has 0 aromatic heterocycles. The van der Waals surface area contributed by atoms with E-state index < -0.39 is 10.0 Å². The summed E-state index contributed by atoms with van der Waals surface area (Å²) >= 11 is 6.06. The lowest BCUT2D eigenvalue weighted by Gasteiger charge is -2.39. The fourth-order valence-electron chi connectivity index (χ4n) is 3.69. The number of nitrogens with zero attached hydrogens (tertiary/aromatic N) is 1. The Balaban J connectivity index is 1.43. The monoisotopic (exact) mass is 386 g/mol. The molecule has 2 heterocycles. The van der Waals surface area contributed by atoms with E-state index in [2.05, 4.69) is 9.62 Å². The number of halogens is 1. The van der Waals surface area contributed by atoms with Crippen molar-refractivity contribution in [1.29, 1.82) is 0 Å². The molecule has 25 heavy (non-hydrogen) atoms. The Morgan fingerprint density at radius 3 is 2.48 bits per heavy atom. The number of rotatable bonds is 6. The van der Waals surface area contributed by atoms with Gasteiger partial charge in [0.2, 0.25) is 10.0 Å². The van der Waals surface area contributed by atoms with Crippen LogP contribution >= 0.6 is 11.6 Å². The van der Waals surface area contributed by atoms with Gasteiger partial charge in [-0.3, -0.25) is 0 Å². The van der Waals surface area contributed by atoms with Crippen LogP contribution < -0.4 is 4.72 Å². The molecular weight excluding hydrogens is 360 g/mol. The van der Waals surface area contributed by atoms with Crippen molar-refractivity contribution in [3.8, 4) is 0 Å². The molecule has 3 rings (SSSR count). The number of likely N-dealkylation sites (tertiary alicyclic amines) is 1. The zero-order chi connectivity index (χ0) is 17.7. The van der Waals surface area contributed by atoms with Crippen molar-refractivity contribution >= 4 is 21.6 Å². The summed E-state index contributed by atoms with van der Waals surface area (Å²) < 4.78 is 32.8. The van der Waals surface area contributed by atoms with Crippen molar-refractivity contribution in [2.45, 2.75) is 37.5 Å². The zero-order valence-electron chi connectivity index (χ0n) is 14.5. The Hall–Kier alpha value is -0.660. The minimum Gasteiger partial charge on any atom is -0.381 e. The second-order valence-corrected chi connectivity index (χ2v) is 9.24. The SMILES string of the molecule is O=S(=O)(Cc1ccccc1Cl)NCC1CCN(C2CCOCC2)CC1. The third-order valence-corrected chi connectivity index (χ3v) is 6.92. The largest absolute Gasteiger partial charge is 0.381 e. The molecule has 0 spiro atoms. The van der Waals surface area contributed by atoms with E-state index in [4.69, 9.17) is 16.3 Å². The molecule has 1 aromatic rings.